The predicted octanol–water partition coefficient (Wildman–Crippen LogP) is 7.90. The number of anilines is 1. The summed E-state index contributed by atoms with van der Waals surface area (Å²) in [6.07, 6.45) is 23.3. The van der Waals surface area contributed by atoms with Crippen LogP contribution in [-0.2, 0) is 6.54 Å². The molecule has 0 saturated heterocycles. The molecule has 36 heavy (non-hydrogen) atoms. The lowest BCUT2D eigenvalue weighted by molar-refractivity contribution is 0.327. The van der Waals surface area contributed by atoms with Crippen molar-refractivity contribution < 1.29 is 4.74 Å². The Morgan fingerprint density at radius 1 is 0.667 bits per heavy atom. The lowest BCUT2D eigenvalue weighted by Crippen LogP contribution is -2.34. The maximum absolute atomic E-state index is 5.29. The van der Waals surface area contributed by atoms with Crippen LogP contribution in [0.1, 0.15) is 102 Å². The molecule has 0 spiro atoms. The van der Waals surface area contributed by atoms with E-state index in [0.717, 1.165) is 37.9 Å². The van der Waals surface area contributed by atoms with Crippen LogP contribution >= 0.6 is 0 Å². The molecule has 0 aliphatic rings. The molecule has 0 amide bonds. The van der Waals surface area contributed by atoms with Crippen LogP contribution in [0.2, 0.25) is 0 Å². The average Bonchev–Trinajstić information content (AvgIpc) is 2.92. The minimum Gasteiger partial charge on any atom is -0.497 e. The van der Waals surface area contributed by atoms with E-state index in [2.05, 4.69) is 45.9 Å². The Balaban J connectivity index is 1.55. The van der Waals surface area contributed by atoms with Crippen molar-refractivity contribution in [2.75, 3.05) is 38.7 Å². The van der Waals surface area contributed by atoms with Gasteiger partial charge in [-0.2, -0.15) is 0 Å². The van der Waals surface area contributed by atoms with Crippen molar-refractivity contribution in [1.29, 1.82) is 0 Å². The monoisotopic (exact) mass is 496 g/mol. The van der Waals surface area contributed by atoms with Gasteiger partial charge in [0.2, 0.25) is 5.95 Å². The average molecular weight is 497 g/mol. The van der Waals surface area contributed by atoms with Crippen molar-refractivity contribution in [3.63, 3.8) is 0 Å². The van der Waals surface area contributed by atoms with Gasteiger partial charge in [-0.05, 0) is 43.8 Å². The van der Waals surface area contributed by atoms with Gasteiger partial charge >= 0.3 is 0 Å². The summed E-state index contributed by atoms with van der Waals surface area (Å²) in [6.45, 7) is 6.16. The highest BCUT2D eigenvalue weighted by molar-refractivity contribution is 5.34. The first-order valence-corrected chi connectivity index (χ1v) is 14.6. The van der Waals surface area contributed by atoms with Gasteiger partial charge in [0.1, 0.15) is 5.75 Å². The highest BCUT2D eigenvalue weighted by Gasteiger charge is 2.11. The molecule has 0 bridgehead atoms. The fourth-order valence-corrected chi connectivity index (χ4v) is 4.64. The summed E-state index contributed by atoms with van der Waals surface area (Å²) in [7, 11) is 3.94. The third kappa shape index (κ3) is 13.8. The smallest absolute Gasteiger partial charge is 0.225 e. The van der Waals surface area contributed by atoms with E-state index in [1.165, 1.54) is 95.5 Å². The number of unbranched alkanes of at least 4 members (excludes halogenated alkanes) is 13. The van der Waals surface area contributed by atoms with Crippen molar-refractivity contribution in [2.24, 2.45) is 0 Å². The molecule has 0 aliphatic carbocycles. The van der Waals surface area contributed by atoms with Crippen LogP contribution in [0.15, 0.2) is 42.7 Å². The number of hydrogen-bond acceptors (Lipinski definition) is 5. The van der Waals surface area contributed by atoms with Crippen LogP contribution in [0.3, 0.4) is 0 Å². The minimum atomic E-state index is 0.790. The highest BCUT2D eigenvalue weighted by Crippen LogP contribution is 2.16. The van der Waals surface area contributed by atoms with Gasteiger partial charge in [-0.1, -0.05) is 103 Å². The van der Waals surface area contributed by atoms with Gasteiger partial charge in [-0.3, -0.25) is 0 Å². The summed E-state index contributed by atoms with van der Waals surface area (Å²) in [5.41, 5.74) is 1.23. The molecule has 202 valence electrons. The van der Waals surface area contributed by atoms with E-state index in [0.29, 0.717) is 0 Å². The Bertz CT molecular complexity index is 753. The van der Waals surface area contributed by atoms with Gasteiger partial charge in [0.15, 0.2) is 0 Å². The SMILES string of the molecule is CCCCCCCCCCCCCCCCN(C)CCN(Cc1ccc(OC)cc1)c1ncccn1. The van der Waals surface area contributed by atoms with Crippen molar-refractivity contribution >= 4 is 5.95 Å². The van der Waals surface area contributed by atoms with Crippen LogP contribution in [0.4, 0.5) is 5.95 Å². The molecule has 0 unspecified atom stereocenters. The zero-order valence-corrected chi connectivity index (χ0v) is 23.5. The quantitative estimate of drug-likeness (QED) is 0.155. The number of nitrogens with zero attached hydrogens (tertiary/aromatic N) is 4. The molecular formula is C31H52N4O. The Morgan fingerprint density at radius 2 is 1.19 bits per heavy atom. The van der Waals surface area contributed by atoms with E-state index < -0.39 is 0 Å². The van der Waals surface area contributed by atoms with E-state index in [1.54, 1.807) is 7.11 Å². The second-order valence-corrected chi connectivity index (χ2v) is 10.2. The lowest BCUT2D eigenvalue weighted by Gasteiger charge is -2.26. The summed E-state index contributed by atoms with van der Waals surface area (Å²) < 4.78 is 5.29. The number of aromatic nitrogens is 2. The van der Waals surface area contributed by atoms with Crippen LogP contribution < -0.4 is 9.64 Å². The maximum Gasteiger partial charge on any atom is 0.225 e. The van der Waals surface area contributed by atoms with Gasteiger partial charge in [0, 0.05) is 32.0 Å². The van der Waals surface area contributed by atoms with E-state index >= 15 is 0 Å². The molecule has 0 atom stereocenters. The zero-order valence-electron chi connectivity index (χ0n) is 23.5. The van der Waals surface area contributed by atoms with Gasteiger partial charge in [-0.25, -0.2) is 9.97 Å². The van der Waals surface area contributed by atoms with Crippen molar-refractivity contribution in [3.05, 3.63) is 48.3 Å². The molecule has 0 fully saturated rings. The van der Waals surface area contributed by atoms with Crippen LogP contribution in [0.5, 0.6) is 5.75 Å². The van der Waals surface area contributed by atoms with Gasteiger partial charge in [0.25, 0.3) is 0 Å². The molecule has 5 nitrogen and oxygen atoms in total. The standard InChI is InChI=1S/C31H52N4O/c1-4-5-6-7-8-9-10-11-12-13-14-15-16-17-25-34(2)26-27-35(31-32-23-18-24-33-31)28-29-19-21-30(36-3)22-20-29/h18-24H,4-17,25-28H2,1-3H3. The van der Waals surface area contributed by atoms with E-state index in [4.69, 9.17) is 4.74 Å². The number of hydrogen-bond donors (Lipinski definition) is 0. The molecule has 0 aliphatic heterocycles. The summed E-state index contributed by atoms with van der Waals surface area (Å²) >= 11 is 0. The predicted molar refractivity (Wildman–Crippen MR) is 154 cm³/mol. The Morgan fingerprint density at radius 3 is 1.72 bits per heavy atom. The maximum atomic E-state index is 5.29. The Kier molecular flexibility index (Phi) is 16.7. The summed E-state index contributed by atoms with van der Waals surface area (Å²) in [5, 5.41) is 0. The van der Waals surface area contributed by atoms with Gasteiger partial charge in [0.05, 0.1) is 7.11 Å². The first-order chi connectivity index (χ1) is 17.7. The Labute approximate surface area is 221 Å². The van der Waals surface area contributed by atoms with Crippen molar-refractivity contribution in [1.82, 2.24) is 14.9 Å². The molecule has 2 aromatic rings. The Hall–Kier alpha value is -2.14. The molecule has 1 aromatic carbocycles. The molecule has 1 aromatic heterocycles. The third-order valence-corrected chi connectivity index (χ3v) is 7.01. The molecule has 5 heteroatoms. The second kappa shape index (κ2) is 20.0. The fourth-order valence-electron chi connectivity index (χ4n) is 4.64. The number of methoxy groups -OCH3 is 1. The highest BCUT2D eigenvalue weighted by atomic mass is 16.5. The number of rotatable bonds is 22. The van der Waals surface area contributed by atoms with Gasteiger partial charge < -0.3 is 14.5 Å². The molecule has 2 rings (SSSR count). The zero-order chi connectivity index (χ0) is 25.7. The summed E-state index contributed by atoms with van der Waals surface area (Å²) in [5.74, 6) is 1.67. The van der Waals surface area contributed by atoms with Crippen LogP contribution in [0, 0.1) is 0 Å². The van der Waals surface area contributed by atoms with Crippen LogP contribution in [0.25, 0.3) is 0 Å². The largest absolute Gasteiger partial charge is 0.497 e. The van der Waals surface area contributed by atoms with Crippen molar-refractivity contribution in [3.8, 4) is 5.75 Å². The summed E-state index contributed by atoms with van der Waals surface area (Å²) in [4.78, 5) is 13.7. The topological polar surface area (TPSA) is 41.5 Å². The van der Waals surface area contributed by atoms with E-state index in [-0.39, 0.29) is 0 Å². The van der Waals surface area contributed by atoms with E-state index in [9.17, 15) is 0 Å². The first kappa shape index (κ1) is 30.1. The molecular weight excluding hydrogens is 444 g/mol. The number of benzene rings is 1. The minimum absolute atomic E-state index is 0.790. The first-order valence-electron chi connectivity index (χ1n) is 14.6. The van der Waals surface area contributed by atoms with Crippen LogP contribution in [-0.4, -0.2) is 48.7 Å². The fraction of sp³-hybridized carbons (Fsp3) is 0.677. The second-order valence-electron chi connectivity index (χ2n) is 10.2. The molecule has 0 radical (unpaired) electrons. The summed E-state index contributed by atoms with van der Waals surface area (Å²) in [6, 6.07) is 10.1. The lowest BCUT2D eigenvalue weighted by atomic mass is 10.0. The third-order valence-electron chi connectivity index (χ3n) is 7.01. The number of likely N-dealkylation sites (N-methyl/N-ethyl adjacent to an activating group) is 1. The molecule has 1 heterocycles. The normalized spacial score (nSPS) is 11.2. The molecule has 0 saturated carbocycles. The van der Waals surface area contributed by atoms with Gasteiger partial charge in [-0.15, -0.1) is 0 Å². The number of ether oxygens (including phenoxy) is 1. The van der Waals surface area contributed by atoms with Crippen molar-refractivity contribution in [2.45, 2.75) is 103 Å². The molecule has 0 N–H and O–H groups in total. The van der Waals surface area contributed by atoms with E-state index in [1.807, 2.05) is 30.6 Å².